The Morgan fingerprint density at radius 1 is 1.20 bits per heavy atom. The Morgan fingerprint density at radius 2 is 1.96 bits per heavy atom. The van der Waals surface area contributed by atoms with Crippen LogP contribution in [0.5, 0.6) is 0 Å². The van der Waals surface area contributed by atoms with Crippen LogP contribution in [0.15, 0.2) is 30.3 Å². The molecular weight excluding hydrogens is 316 g/mol. The first kappa shape index (κ1) is 17.9. The van der Waals surface area contributed by atoms with Gasteiger partial charge in [-0.3, -0.25) is 9.59 Å². The minimum absolute atomic E-state index is 0.0921. The molecule has 0 spiro atoms. The SMILES string of the molecule is CN1CC[C@H]2CN(C(=O)CCCCc3ccccc3)C[C@@]2(C(=O)O)C1. The van der Waals surface area contributed by atoms with Crippen LogP contribution in [0.3, 0.4) is 0 Å². The summed E-state index contributed by atoms with van der Waals surface area (Å²) >= 11 is 0. The van der Waals surface area contributed by atoms with E-state index in [1.165, 1.54) is 5.56 Å². The number of unbranched alkanes of at least 4 members (excludes halogenated alkanes) is 1. The molecule has 1 aromatic carbocycles. The average Bonchev–Trinajstić information content (AvgIpc) is 3.00. The van der Waals surface area contributed by atoms with E-state index in [0.29, 0.717) is 26.1 Å². The van der Waals surface area contributed by atoms with Crippen LogP contribution in [0, 0.1) is 11.3 Å². The van der Waals surface area contributed by atoms with E-state index in [2.05, 4.69) is 17.0 Å². The third-order valence-electron chi connectivity index (χ3n) is 5.83. The van der Waals surface area contributed by atoms with E-state index >= 15 is 0 Å². The van der Waals surface area contributed by atoms with Crippen LogP contribution < -0.4 is 0 Å². The summed E-state index contributed by atoms with van der Waals surface area (Å²) < 4.78 is 0. The number of amides is 1. The van der Waals surface area contributed by atoms with Gasteiger partial charge in [-0.25, -0.2) is 0 Å². The molecule has 2 atom stereocenters. The maximum atomic E-state index is 12.6. The molecule has 2 saturated heterocycles. The van der Waals surface area contributed by atoms with E-state index in [1.807, 2.05) is 25.2 Å². The molecule has 1 aromatic rings. The highest BCUT2D eigenvalue weighted by atomic mass is 16.4. The molecule has 1 amide bonds. The van der Waals surface area contributed by atoms with E-state index in [0.717, 1.165) is 32.2 Å². The van der Waals surface area contributed by atoms with Gasteiger partial charge in [-0.2, -0.15) is 0 Å². The quantitative estimate of drug-likeness (QED) is 0.804. The maximum absolute atomic E-state index is 12.6. The first-order valence-electron chi connectivity index (χ1n) is 9.25. The van der Waals surface area contributed by atoms with Crippen LogP contribution in [-0.2, 0) is 16.0 Å². The number of likely N-dealkylation sites (tertiary alicyclic amines) is 2. The zero-order valence-electron chi connectivity index (χ0n) is 15.0. The Kier molecular flexibility index (Phi) is 5.42. The number of benzene rings is 1. The van der Waals surface area contributed by atoms with Gasteiger partial charge in [-0.1, -0.05) is 30.3 Å². The lowest BCUT2D eigenvalue weighted by molar-refractivity contribution is -0.154. The standard InChI is InChI=1S/C20H28N2O3/c1-21-12-11-17-13-22(15-20(17,14-21)19(24)25)18(23)10-6-5-9-16-7-3-2-4-8-16/h2-4,7-8,17H,5-6,9-15H2,1H3,(H,24,25)/t17-,20-/m0/s1. The molecule has 0 saturated carbocycles. The van der Waals surface area contributed by atoms with Crippen molar-refractivity contribution in [1.29, 1.82) is 0 Å². The van der Waals surface area contributed by atoms with E-state index in [9.17, 15) is 14.7 Å². The number of nitrogens with zero attached hydrogens (tertiary/aromatic N) is 2. The van der Waals surface area contributed by atoms with E-state index < -0.39 is 11.4 Å². The second-order valence-electron chi connectivity index (χ2n) is 7.65. The molecule has 2 aliphatic heterocycles. The molecule has 3 rings (SSSR count). The molecule has 0 bridgehead atoms. The topological polar surface area (TPSA) is 60.9 Å². The van der Waals surface area contributed by atoms with Gasteiger partial charge >= 0.3 is 5.97 Å². The predicted molar refractivity (Wildman–Crippen MR) is 96.2 cm³/mol. The first-order chi connectivity index (χ1) is 12.0. The Hall–Kier alpha value is -1.88. The van der Waals surface area contributed by atoms with Crippen molar-refractivity contribution in [3.05, 3.63) is 35.9 Å². The number of fused-ring (bicyclic) bond motifs is 1. The molecule has 0 aliphatic carbocycles. The number of aryl methyl sites for hydroxylation is 1. The van der Waals surface area contributed by atoms with Crippen molar-refractivity contribution >= 4 is 11.9 Å². The fraction of sp³-hybridized carbons (Fsp3) is 0.600. The molecule has 5 heteroatoms. The number of rotatable bonds is 6. The Bertz CT molecular complexity index is 619. The predicted octanol–water partition coefficient (Wildman–Crippen LogP) is 2.26. The molecule has 2 heterocycles. The normalized spacial score (nSPS) is 26.4. The minimum Gasteiger partial charge on any atom is -0.481 e. The van der Waals surface area contributed by atoms with Gasteiger partial charge in [0.2, 0.25) is 5.91 Å². The maximum Gasteiger partial charge on any atom is 0.313 e. The van der Waals surface area contributed by atoms with E-state index in [1.54, 1.807) is 4.90 Å². The number of carboxylic acids is 1. The van der Waals surface area contributed by atoms with Crippen molar-refractivity contribution in [3.8, 4) is 0 Å². The van der Waals surface area contributed by atoms with Gasteiger partial charge in [-0.05, 0) is 50.8 Å². The van der Waals surface area contributed by atoms with Crippen molar-refractivity contribution in [3.63, 3.8) is 0 Å². The van der Waals surface area contributed by atoms with E-state index in [-0.39, 0.29) is 11.8 Å². The number of hydrogen-bond acceptors (Lipinski definition) is 3. The molecule has 5 nitrogen and oxygen atoms in total. The summed E-state index contributed by atoms with van der Waals surface area (Å²) in [6.45, 7) is 2.44. The summed E-state index contributed by atoms with van der Waals surface area (Å²) in [7, 11) is 1.97. The lowest BCUT2D eigenvalue weighted by Crippen LogP contribution is -2.52. The summed E-state index contributed by atoms with van der Waals surface area (Å²) in [6, 6.07) is 10.3. The number of carboxylic acid groups (broad SMARTS) is 1. The summed E-state index contributed by atoms with van der Waals surface area (Å²) in [5, 5.41) is 9.79. The van der Waals surface area contributed by atoms with Gasteiger partial charge in [0.1, 0.15) is 5.41 Å². The lowest BCUT2D eigenvalue weighted by Gasteiger charge is -2.39. The highest BCUT2D eigenvalue weighted by Crippen LogP contribution is 2.42. The fourth-order valence-corrected chi connectivity index (χ4v) is 4.37. The Morgan fingerprint density at radius 3 is 2.68 bits per heavy atom. The third kappa shape index (κ3) is 3.87. The highest BCUT2D eigenvalue weighted by Gasteiger charge is 2.55. The summed E-state index contributed by atoms with van der Waals surface area (Å²) in [6.07, 6.45) is 4.21. The number of carbonyl (C=O) groups is 2. The molecular formula is C20H28N2O3. The lowest BCUT2D eigenvalue weighted by atomic mass is 9.73. The zero-order valence-corrected chi connectivity index (χ0v) is 15.0. The molecule has 2 fully saturated rings. The summed E-state index contributed by atoms with van der Waals surface area (Å²) in [4.78, 5) is 28.4. The zero-order chi connectivity index (χ0) is 17.9. The second-order valence-corrected chi connectivity index (χ2v) is 7.65. The van der Waals surface area contributed by atoms with Gasteiger partial charge in [-0.15, -0.1) is 0 Å². The molecule has 2 aliphatic rings. The number of hydrogen-bond donors (Lipinski definition) is 1. The molecule has 0 unspecified atom stereocenters. The Balaban J connectivity index is 1.50. The van der Waals surface area contributed by atoms with Gasteiger partial charge in [0.25, 0.3) is 0 Å². The third-order valence-corrected chi connectivity index (χ3v) is 5.83. The van der Waals surface area contributed by atoms with Gasteiger partial charge in [0.15, 0.2) is 0 Å². The molecule has 25 heavy (non-hydrogen) atoms. The van der Waals surface area contributed by atoms with Crippen LogP contribution in [0.1, 0.15) is 31.2 Å². The highest BCUT2D eigenvalue weighted by molar-refractivity contribution is 5.81. The van der Waals surface area contributed by atoms with Crippen molar-refractivity contribution < 1.29 is 14.7 Å². The molecule has 1 N–H and O–H groups in total. The molecule has 0 radical (unpaired) electrons. The second kappa shape index (κ2) is 7.56. The summed E-state index contributed by atoms with van der Waals surface area (Å²) in [5.41, 5.74) is 0.530. The number of piperidine rings is 1. The van der Waals surface area contributed by atoms with Crippen LogP contribution in [0.2, 0.25) is 0 Å². The summed E-state index contributed by atoms with van der Waals surface area (Å²) in [5.74, 6) is -0.538. The molecule has 0 aromatic heterocycles. The molecule has 136 valence electrons. The van der Waals surface area contributed by atoms with Crippen LogP contribution in [0.25, 0.3) is 0 Å². The fourth-order valence-electron chi connectivity index (χ4n) is 4.37. The van der Waals surface area contributed by atoms with Crippen molar-refractivity contribution in [2.45, 2.75) is 32.1 Å². The average molecular weight is 344 g/mol. The van der Waals surface area contributed by atoms with Gasteiger partial charge in [0.05, 0.1) is 0 Å². The Labute approximate surface area is 149 Å². The monoisotopic (exact) mass is 344 g/mol. The number of aliphatic carboxylic acids is 1. The van der Waals surface area contributed by atoms with Crippen LogP contribution >= 0.6 is 0 Å². The smallest absolute Gasteiger partial charge is 0.313 e. The first-order valence-corrected chi connectivity index (χ1v) is 9.25. The largest absolute Gasteiger partial charge is 0.481 e. The van der Waals surface area contributed by atoms with Crippen molar-refractivity contribution in [1.82, 2.24) is 9.80 Å². The van der Waals surface area contributed by atoms with Crippen molar-refractivity contribution in [2.75, 3.05) is 33.2 Å². The van der Waals surface area contributed by atoms with Crippen molar-refractivity contribution in [2.24, 2.45) is 11.3 Å². The van der Waals surface area contributed by atoms with Gasteiger partial charge in [0, 0.05) is 26.1 Å². The number of carbonyl (C=O) groups excluding carboxylic acids is 1. The minimum atomic E-state index is -0.771. The van der Waals surface area contributed by atoms with Crippen LogP contribution in [-0.4, -0.2) is 60.0 Å². The van der Waals surface area contributed by atoms with E-state index in [4.69, 9.17) is 0 Å². The van der Waals surface area contributed by atoms with Crippen LogP contribution in [0.4, 0.5) is 0 Å². The van der Waals surface area contributed by atoms with Gasteiger partial charge < -0.3 is 14.9 Å².